The number of carbonyl (C=O) groups is 2. The van der Waals surface area contributed by atoms with Crippen LogP contribution in [0, 0.1) is 41.3 Å². The first kappa shape index (κ1) is 24.7. The van der Waals surface area contributed by atoms with Gasteiger partial charge >= 0.3 is 0 Å². The van der Waals surface area contributed by atoms with Crippen LogP contribution in [0.15, 0.2) is 18.2 Å². The highest BCUT2D eigenvalue weighted by atomic mass is 19.1. The summed E-state index contributed by atoms with van der Waals surface area (Å²) in [5.41, 5.74) is 1.32. The first-order valence-electron chi connectivity index (χ1n) is 12.8. The number of nitrogens with zero attached hydrogens (tertiary/aromatic N) is 2. The highest BCUT2D eigenvalue weighted by Gasteiger charge is 2.47. The van der Waals surface area contributed by atoms with Crippen molar-refractivity contribution in [3.8, 4) is 12.3 Å². The minimum absolute atomic E-state index is 0.00892. The minimum atomic E-state index is -0.259. The number of halogens is 1. The predicted octanol–water partition coefficient (Wildman–Crippen LogP) is 3.81. The fourth-order valence-electron chi connectivity index (χ4n) is 6.58. The molecule has 2 aliphatic carbocycles. The number of piperazine rings is 1. The molecule has 1 N–H and O–H groups in total. The van der Waals surface area contributed by atoms with Gasteiger partial charge in [0.2, 0.25) is 11.8 Å². The fraction of sp³-hybridized carbons (Fsp3) is 0.643. The van der Waals surface area contributed by atoms with Gasteiger partial charge in [0.05, 0.1) is 6.54 Å². The third-order valence-electron chi connectivity index (χ3n) is 8.38. The molecule has 5 nitrogen and oxygen atoms in total. The van der Waals surface area contributed by atoms with Crippen LogP contribution in [-0.4, -0.2) is 54.3 Å². The Kier molecular flexibility index (Phi) is 7.62. The van der Waals surface area contributed by atoms with Crippen molar-refractivity contribution in [1.29, 1.82) is 0 Å². The van der Waals surface area contributed by atoms with Crippen molar-refractivity contribution in [1.82, 2.24) is 15.1 Å². The second-order valence-electron chi connectivity index (χ2n) is 11.0. The summed E-state index contributed by atoms with van der Waals surface area (Å²) in [6, 6.07) is 4.72. The molecule has 1 aromatic rings. The maximum Gasteiger partial charge on any atom is 0.242 e. The lowest BCUT2D eigenvalue weighted by molar-refractivity contribution is -0.134. The van der Waals surface area contributed by atoms with Crippen LogP contribution < -0.4 is 5.32 Å². The lowest BCUT2D eigenvalue weighted by atomic mass is 9.81. The van der Waals surface area contributed by atoms with Crippen molar-refractivity contribution in [3.63, 3.8) is 0 Å². The van der Waals surface area contributed by atoms with Gasteiger partial charge in [-0.25, -0.2) is 4.39 Å². The average molecular weight is 468 g/mol. The zero-order chi connectivity index (χ0) is 24.3. The molecule has 1 aliphatic heterocycles. The Morgan fingerprint density at radius 2 is 1.85 bits per heavy atom. The van der Waals surface area contributed by atoms with Crippen molar-refractivity contribution in [2.75, 3.05) is 32.7 Å². The molecule has 2 amide bonds. The predicted molar refractivity (Wildman–Crippen MR) is 131 cm³/mol. The van der Waals surface area contributed by atoms with E-state index in [0.29, 0.717) is 50.3 Å². The molecule has 1 aromatic carbocycles. The van der Waals surface area contributed by atoms with E-state index in [1.54, 1.807) is 17.0 Å². The van der Waals surface area contributed by atoms with E-state index < -0.39 is 0 Å². The number of amides is 2. The third-order valence-corrected chi connectivity index (χ3v) is 8.38. The molecule has 0 radical (unpaired) electrons. The molecule has 2 saturated carbocycles. The first-order chi connectivity index (χ1) is 16.3. The van der Waals surface area contributed by atoms with Gasteiger partial charge in [-0.2, -0.15) is 0 Å². The zero-order valence-electron chi connectivity index (χ0n) is 20.6. The molecule has 0 aromatic heterocycles. The maximum absolute atomic E-state index is 14.1. The fourth-order valence-corrected chi connectivity index (χ4v) is 6.58. The molecule has 1 heterocycles. The van der Waals surface area contributed by atoms with Crippen LogP contribution in [0.4, 0.5) is 4.39 Å². The summed E-state index contributed by atoms with van der Waals surface area (Å²) in [5.74, 6) is 4.66. The Labute approximate surface area is 203 Å². The molecule has 2 unspecified atom stereocenters. The summed E-state index contributed by atoms with van der Waals surface area (Å²) in [7, 11) is 0. The number of benzene rings is 1. The van der Waals surface area contributed by atoms with Crippen molar-refractivity contribution in [2.24, 2.45) is 23.2 Å². The summed E-state index contributed by atoms with van der Waals surface area (Å²) in [6.07, 6.45) is 12.1. The number of nitrogens with one attached hydrogen (secondary N) is 1. The van der Waals surface area contributed by atoms with Crippen LogP contribution in [0.5, 0.6) is 0 Å². The Bertz CT molecular complexity index is 933. The van der Waals surface area contributed by atoms with Crippen LogP contribution in [0.2, 0.25) is 0 Å². The zero-order valence-corrected chi connectivity index (χ0v) is 20.6. The van der Waals surface area contributed by atoms with Crippen molar-refractivity contribution < 1.29 is 14.0 Å². The number of hydrogen-bond donors (Lipinski definition) is 1. The lowest BCUT2D eigenvalue weighted by Gasteiger charge is -2.35. The van der Waals surface area contributed by atoms with Crippen LogP contribution in [0.1, 0.15) is 63.5 Å². The van der Waals surface area contributed by atoms with Gasteiger partial charge in [-0.05, 0) is 67.1 Å². The minimum Gasteiger partial charge on any atom is -0.347 e. The van der Waals surface area contributed by atoms with Gasteiger partial charge in [0.25, 0.3) is 0 Å². The van der Waals surface area contributed by atoms with Gasteiger partial charge < -0.3 is 10.2 Å². The molecule has 0 bridgehead atoms. The highest BCUT2D eigenvalue weighted by molar-refractivity contribution is 5.85. The molecule has 0 spiro atoms. The van der Waals surface area contributed by atoms with Crippen LogP contribution >= 0.6 is 0 Å². The Balaban J connectivity index is 1.18. The molecular formula is C28H38FN3O2. The van der Waals surface area contributed by atoms with Gasteiger partial charge in [-0.1, -0.05) is 26.2 Å². The monoisotopic (exact) mass is 467 g/mol. The van der Waals surface area contributed by atoms with E-state index in [0.717, 1.165) is 30.6 Å². The Hall–Kier alpha value is -2.39. The molecule has 4 rings (SSSR count). The van der Waals surface area contributed by atoms with Crippen LogP contribution in [0.3, 0.4) is 0 Å². The SMILES string of the molecule is C#Cc1ccc(F)c(CN2CCN(C(=O)CNC(=O)CC3(C)CC4CC(CC)CC4C3)CC2)c1. The van der Waals surface area contributed by atoms with Crippen LogP contribution in [-0.2, 0) is 16.1 Å². The van der Waals surface area contributed by atoms with E-state index in [1.807, 2.05) is 0 Å². The van der Waals surface area contributed by atoms with E-state index in [9.17, 15) is 14.0 Å². The molecule has 2 atom stereocenters. The van der Waals surface area contributed by atoms with Crippen molar-refractivity contribution >= 4 is 11.8 Å². The van der Waals surface area contributed by atoms with Gasteiger partial charge in [0.15, 0.2) is 0 Å². The standard InChI is InChI=1S/C28H38FN3O2/c1-4-20-6-7-25(29)24(12-20)19-31-8-10-32(11-9-31)27(34)18-30-26(33)17-28(3)15-22-13-21(5-2)14-23(22)16-28/h1,6-7,12,21-23H,5,8-11,13-19H2,2-3H3,(H,30,33). The molecule has 3 fully saturated rings. The van der Waals surface area contributed by atoms with Crippen LogP contribution in [0.25, 0.3) is 0 Å². The third kappa shape index (κ3) is 5.81. The molecule has 3 aliphatic rings. The Morgan fingerprint density at radius 3 is 2.47 bits per heavy atom. The normalized spacial score (nSPS) is 29.0. The van der Waals surface area contributed by atoms with Gasteiger partial charge in [-0.3, -0.25) is 14.5 Å². The topological polar surface area (TPSA) is 52.6 Å². The summed E-state index contributed by atoms with van der Waals surface area (Å²) in [4.78, 5) is 29.2. The van der Waals surface area contributed by atoms with Crippen molar-refractivity contribution in [2.45, 2.75) is 58.9 Å². The molecule has 34 heavy (non-hydrogen) atoms. The van der Waals surface area contributed by atoms with E-state index in [4.69, 9.17) is 6.42 Å². The summed E-state index contributed by atoms with van der Waals surface area (Å²) in [6.45, 7) is 7.54. The second-order valence-corrected chi connectivity index (χ2v) is 11.0. The van der Waals surface area contributed by atoms with Gasteiger partial charge in [0.1, 0.15) is 5.82 Å². The van der Waals surface area contributed by atoms with E-state index in [2.05, 4.69) is 30.0 Å². The summed E-state index contributed by atoms with van der Waals surface area (Å²) >= 11 is 0. The van der Waals surface area contributed by atoms with Crippen molar-refractivity contribution in [3.05, 3.63) is 35.1 Å². The smallest absolute Gasteiger partial charge is 0.242 e. The quantitative estimate of drug-likeness (QED) is 0.621. The summed E-state index contributed by atoms with van der Waals surface area (Å²) in [5, 5.41) is 2.88. The van der Waals surface area contributed by atoms with E-state index in [1.165, 1.54) is 25.3 Å². The molecule has 184 valence electrons. The van der Waals surface area contributed by atoms with E-state index >= 15 is 0 Å². The first-order valence-corrected chi connectivity index (χ1v) is 12.8. The largest absolute Gasteiger partial charge is 0.347 e. The molecular weight excluding hydrogens is 429 g/mol. The second kappa shape index (κ2) is 10.5. The molecule has 6 heteroatoms. The highest BCUT2D eigenvalue weighted by Crippen LogP contribution is 2.56. The summed E-state index contributed by atoms with van der Waals surface area (Å²) < 4.78 is 14.1. The number of fused-ring (bicyclic) bond motifs is 1. The molecule has 1 saturated heterocycles. The Morgan fingerprint density at radius 1 is 1.18 bits per heavy atom. The maximum atomic E-state index is 14.1. The number of hydrogen-bond acceptors (Lipinski definition) is 3. The average Bonchev–Trinajstić information content (AvgIpc) is 3.33. The number of rotatable bonds is 7. The number of carbonyl (C=O) groups excluding carboxylic acids is 2. The lowest BCUT2D eigenvalue weighted by Crippen LogP contribution is -2.51. The van der Waals surface area contributed by atoms with E-state index in [-0.39, 0.29) is 29.6 Å². The van der Waals surface area contributed by atoms with Gasteiger partial charge in [-0.15, -0.1) is 6.42 Å². The van der Waals surface area contributed by atoms with Gasteiger partial charge in [0, 0.05) is 50.3 Å². The number of terminal acetylenes is 1.